The molecule has 1 fully saturated rings. The molecule has 0 unspecified atom stereocenters. The van der Waals surface area contributed by atoms with E-state index in [9.17, 15) is 9.59 Å². The minimum Gasteiger partial charge on any atom is -0.497 e. The van der Waals surface area contributed by atoms with Crippen molar-refractivity contribution in [1.29, 1.82) is 0 Å². The Morgan fingerprint density at radius 1 is 1.24 bits per heavy atom. The molecule has 0 bridgehead atoms. The number of thiocarbonyl (C=S) groups is 1. The van der Waals surface area contributed by atoms with Crippen LogP contribution in [0, 0.1) is 6.92 Å². The van der Waals surface area contributed by atoms with Gasteiger partial charge >= 0.3 is 0 Å². The van der Waals surface area contributed by atoms with Gasteiger partial charge in [-0.15, -0.1) is 10.2 Å². The number of thioether (sulfide) groups is 2. The maximum Gasteiger partial charge on any atom is 0.266 e. The largest absolute Gasteiger partial charge is 0.497 e. The van der Waals surface area contributed by atoms with Crippen LogP contribution < -0.4 is 10.1 Å². The van der Waals surface area contributed by atoms with E-state index in [0.717, 1.165) is 21.4 Å². The lowest BCUT2D eigenvalue weighted by Crippen LogP contribution is -2.36. The second kappa shape index (κ2) is 11.1. The van der Waals surface area contributed by atoms with Gasteiger partial charge in [0.25, 0.3) is 5.91 Å². The fourth-order valence-electron chi connectivity index (χ4n) is 3.06. The molecule has 2 amide bonds. The van der Waals surface area contributed by atoms with Crippen molar-refractivity contribution in [3.05, 3.63) is 70.1 Å². The number of benzene rings is 2. The quantitative estimate of drug-likeness (QED) is 0.190. The summed E-state index contributed by atoms with van der Waals surface area (Å²) in [6.07, 6.45) is 1.75. The van der Waals surface area contributed by atoms with Gasteiger partial charge in [-0.25, -0.2) is 0 Å². The minimum absolute atomic E-state index is 0.185. The molecule has 7 nitrogen and oxygen atoms in total. The van der Waals surface area contributed by atoms with Crippen molar-refractivity contribution in [3.8, 4) is 5.75 Å². The number of rotatable bonds is 8. The molecule has 4 rings (SSSR count). The molecule has 0 saturated carbocycles. The Hall–Kier alpha value is -2.73. The second-order valence-corrected chi connectivity index (χ2v) is 11.1. The van der Waals surface area contributed by atoms with Crippen molar-refractivity contribution in [2.45, 2.75) is 17.0 Å². The molecule has 0 atom stereocenters. The van der Waals surface area contributed by atoms with E-state index in [-0.39, 0.29) is 18.4 Å². The number of aromatic nitrogens is 2. The molecule has 0 aliphatic carbocycles. The summed E-state index contributed by atoms with van der Waals surface area (Å²) in [7, 11) is 1.60. The lowest BCUT2D eigenvalue weighted by molar-refractivity contribution is -0.126. The SMILES string of the molecule is COc1ccc(/C=C2\SC(=S)N(CC(=O)Nc3nnc(SCc4cccc(C)c4)s3)C2=O)cc1. The number of hydrogen-bond acceptors (Lipinski definition) is 9. The van der Waals surface area contributed by atoms with Crippen molar-refractivity contribution in [2.24, 2.45) is 0 Å². The van der Waals surface area contributed by atoms with Crippen LogP contribution >= 0.6 is 47.1 Å². The highest BCUT2D eigenvalue weighted by atomic mass is 32.2. The Morgan fingerprint density at radius 3 is 2.76 bits per heavy atom. The van der Waals surface area contributed by atoms with E-state index >= 15 is 0 Å². The van der Waals surface area contributed by atoms with E-state index in [0.29, 0.717) is 14.4 Å². The number of ether oxygens (including phenoxy) is 1. The Kier molecular flexibility index (Phi) is 7.99. The fourth-order valence-corrected chi connectivity index (χ4v) is 6.02. The Balaban J connectivity index is 1.32. The van der Waals surface area contributed by atoms with Crippen molar-refractivity contribution < 1.29 is 14.3 Å². The smallest absolute Gasteiger partial charge is 0.266 e. The molecule has 0 spiro atoms. The van der Waals surface area contributed by atoms with Crippen LogP contribution in [0.25, 0.3) is 6.08 Å². The van der Waals surface area contributed by atoms with Crippen molar-refractivity contribution in [2.75, 3.05) is 19.0 Å². The molecule has 1 N–H and O–H groups in total. The number of anilines is 1. The van der Waals surface area contributed by atoms with E-state index in [1.165, 1.54) is 39.1 Å². The summed E-state index contributed by atoms with van der Waals surface area (Å²) < 4.78 is 6.24. The van der Waals surface area contributed by atoms with E-state index < -0.39 is 0 Å². The zero-order chi connectivity index (χ0) is 24.1. The lowest BCUT2D eigenvalue weighted by Gasteiger charge is -2.13. The van der Waals surface area contributed by atoms with Gasteiger partial charge in [0.15, 0.2) is 4.34 Å². The van der Waals surface area contributed by atoms with Gasteiger partial charge in [0.1, 0.15) is 16.6 Å². The zero-order valence-electron chi connectivity index (χ0n) is 18.3. The molecule has 2 heterocycles. The molecule has 1 saturated heterocycles. The minimum atomic E-state index is -0.381. The van der Waals surface area contributed by atoms with Gasteiger partial charge in [0, 0.05) is 5.75 Å². The van der Waals surface area contributed by atoms with Crippen molar-refractivity contribution >= 4 is 74.4 Å². The average molecular weight is 529 g/mol. The number of aryl methyl sites for hydroxylation is 1. The van der Waals surface area contributed by atoms with Crippen LogP contribution in [-0.4, -0.2) is 44.9 Å². The average Bonchev–Trinajstić information content (AvgIpc) is 3.37. The monoisotopic (exact) mass is 528 g/mol. The summed E-state index contributed by atoms with van der Waals surface area (Å²) >= 11 is 9.35. The number of nitrogens with zero attached hydrogens (tertiary/aromatic N) is 3. The third-order valence-electron chi connectivity index (χ3n) is 4.69. The topological polar surface area (TPSA) is 84.4 Å². The van der Waals surface area contributed by atoms with E-state index in [1.54, 1.807) is 24.9 Å². The number of methoxy groups -OCH3 is 1. The molecule has 2 aromatic carbocycles. The predicted octanol–water partition coefficient (Wildman–Crippen LogP) is 4.99. The van der Waals surface area contributed by atoms with E-state index in [1.807, 2.05) is 30.3 Å². The number of nitrogens with one attached hydrogen (secondary N) is 1. The van der Waals surface area contributed by atoms with E-state index in [4.69, 9.17) is 17.0 Å². The van der Waals surface area contributed by atoms with Crippen LogP contribution in [0.2, 0.25) is 0 Å². The lowest BCUT2D eigenvalue weighted by atomic mass is 10.2. The molecule has 1 aromatic heterocycles. The van der Waals surface area contributed by atoms with Gasteiger partial charge in [-0.3, -0.25) is 19.8 Å². The second-order valence-electron chi connectivity index (χ2n) is 7.24. The normalized spacial score (nSPS) is 14.6. The van der Waals surface area contributed by atoms with Crippen LogP contribution in [0.1, 0.15) is 16.7 Å². The predicted molar refractivity (Wildman–Crippen MR) is 142 cm³/mol. The third-order valence-corrected chi connectivity index (χ3v) is 8.11. The molecule has 11 heteroatoms. The van der Waals surface area contributed by atoms with Gasteiger partial charge in [0.05, 0.1) is 12.0 Å². The van der Waals surface area contributed by atoms with Gasteiger partial charge in [0.2, 0.25) is 11.0 Å². The molecule has 34 heavy (non-hydrogen) atoms. The summed E-state index contributed by atoms with van der Waals surface area (Å²) in [5, 5.41) is 11.3. The Bertz CT molecular complexity index is 1260. The first kappa shape index (κ1) is 24.4. The van der Waals surface area contributed by atoms with Crippen LogP contribution in [0.15, 0.2) is 57.8 Å². The third kappa shape index (κ3) is 6.23. The molecular weight excluding hydrogens is 509 g/mol. The highest BCUT2D eigenvalue weighted by molar-refractivity contribution is 8.26. The molecule has 3 aromatic rings. The standard InChI is InChI=1S/C23H20N4O3S4/c1-14-4-3-5-16(10-14)13-32-22-26-25-21(34-22)24-19(28)12-27-20(29)18(33-23(27)31)11-15-6-8-17(30-2)9-7-15/h3-11H,12-13H2,1-2H3,(H,24,25,28)/b18-11-. The van der Waals surface area contributed by atoms with Crippen LogP contribution in [0.5, 0.6) is 5.75 Å². The van der Waals surface area contributed by atoms with Crippen LogP contribution in [0.3, 0.4) is 0 Å². The maximum absolute atomic E-state index is 12.8. The first-order chi connectivity index (χ1) is 16.4. The van der Waals surface area contributed by atoms with Gasteiger partial charge < -0.3 is 4.74 Å². The number of amides is 2. The summed E-state index contributed by atoms with van der Waals surface area (Å²) in [5.74, 6) is 0.817. The number of carbonyl (C=O) groups is 2. The number of carbonyl (C=O) groups excluding carboxylic acids is 2. The summed E-state index contributed by atoms with van der Waals surface area (Å²) in [4.78, 5) is 27.1. The van der Waals surface area contributed by atoms with Gasteiger partial charge in [-0.1, -0.05) is 89.0 Å². The summed E-state index contributed by atoms with van der Waals surface area (Å²) in [6.45, 7) is 1.87. The Labute approximate surface area is 215 Å². The highest BCUT2D eigenvalue weighted by Crippen LogP contribution is 2.33. The van der Waals surface area contributed by atoms with Crippen molar-refractivity contribution in [3.63, 3.8) is 0 Å². The fraction of sp³-hybridized carbons (Fsp3) is 0.174. The number of hydrogen-bond donors (Lipinski definition) is 1. The van der Waals surface area contributed by atoms with Crippen molar-refractivity contribution in [1.82, 2.24) is 15.1 Å². The Morgan fingerprint density at radius 2 is 2.03 bits per heavy atom. The highest BCUT2D eigenvalue weighted by Gasteiger charge is 2.33. The maximum atomic E-state index is 12.8. The summed E-state index contributed by atoms with van der Waals surface area (Å²) in [5.41, 5.74) is 3.25. The molecule has 174 valence electrons. The van der Waals surface area contributed by atoms with Crippen LogP contribution in [-0.2, 0) is 15.3 Å². The summed E-state index contributed by atoms with van der Waals surface area (Å²) in [6, 6.07) is 15.6. The van der Waals surface area contributed by atoms with E-state index in [2.05, 4.69) is 40.6 Å². The first-order valence-electron chi connectivity index (χ1n) is 10.1. The van der Waals surface area contributed by atoms with Gasteiger partial charge in [-0.2, -0.15) is 0 Å². The van der Waals surface area contributed by atoms with Gasteiger partial charge in [-0.05, 0) is 36.3 Å². The molecular formula is C23H20N4O3S4. The first-order valence-corrected chi connectivity index (χ1v) is 13.1. The molecule has 0 radical (unpaired) electrons. The van der Waals surface area contributed by atoms with Crippen LogP contribution in [0.4, 0.5) is 5.13 Å². The molecule has 1 aliphatic rings. The molecule has 1 aliphatic heterocycles. The zero-order valence-corrected chi connectivity index (χ0v) is 21.6.